The maximum Gasteiger partial charge on any atom is 0.151 e. The van der Waals surface area contributed by atoms with Gasteiger partial charge in [-0.1, -0.05) is 18.6 Å². The molecule has 0 aromatic rings. The van der Waals surface area contributed by atoms with E-state index in [1.54, 1.807) is 0 Å². The number of fused-ring (bicyclic) bond motifs is 2. The van der Waals surface area contributed by atoms with E-state index in [2.05, 4.69) is 17.1 Å². The highest BCUT2D eigenvalue weighted by Crippen LogP contribution is 2.37. The predicted octanol–water partition coefficient (Wildman–Crippen LogP) is 2.01. The lowest BCUT2D eigenvalue weighted by Gasteiger charge is -2.39. The minimum atomic E-state index is 0.236. The highest BCUT2D eigenvalue weighted by atomic mass is 16.1. The van der Waals surface area contributed by atoms with Crippen LogP contribution in [0.1, 0.15) is 32.1 Å². The highest BCUT2D eigenvalue weighted by Gasteiger charge is 2.41. The molecule has 0 radical (unpaired) electrons. The SMILES string of the molecule is O=C1C[C@H]2C=C[C@H](C2)[C@H]1N1CCCCC1. The van der Waals surface area contributed by atoms with Crippen LogP contribution in [0.15, 0.2) is 12.2 Å². The Kier molecular flexibility index (Phi) is 2.39. The predicted molar refractivity (Wildman–Crippen MR) is 59.6 cm³/mol. The Morgan fingerprint density at radius 3 is 2.73 bits per heavy atom. The van der Waals surface area contributed by atoms with Gasteiger partial charge in [0.05, 0.1) is 6.04 Å². The number of hydrogen-bond acceptors (Lipinski definition) is 2. The van der Waals surface area contributed by atoms with Crippen LogP contribution in [-0.4, -0.2) is 29.8 Å². The van der Waals surface area contributed by atoms with E-state index in [0.29, 0.717) is 17.6 Å². The number of carbonyl (C=O) groups is 1. The summed E-state index contributed by atoms with van der Waals surface area (Å²) in [7, 11) is 0. The molecule has 0 aromatic heterocycles. The lowest BCUT2D eigenvalue weighted by atomic mass is 9.81. The van der Waals surface area contributed by atoms with Crippen LogP contribution in [0.5, 0.6) is 0 Å². The van der Waals surface area contributed by atoms with Crippen LogP contribution in [-0.2, 0) is 4.79 Å². The second-order valence-corrected chi connectivity index (χ2v) is 5.26. The molecule has 0 N–H and O–H groups in total. The van der Waals surface area contributed by atoms with Gasteiger partial charge in [0.25, 0.3) is 0 Å². The molecule has 1 saturated heterocycles. The number of Topliss-reactive ketones (excluding diaryl/α,β-unsaturated/α-hetero) is 1. The van der Waals surface area contributed by atoms with E-state index in [1.807, 2.05) is 0 Å². The van der Waals surface area contributed by atoms with E-state index in [-0.39, 0.29) is 6.04 Å². The maximum atomic E-state index is 12.1. The molecule has 1 saturated carbocycles. The average Bonchev–Trinajstić information content (AvgIpc) is 2.62. The van der Waals surface area contributed by atoms with Crippen molar-refractivity contribution < 1.29 is 4.79 Å². The van der Waals surface area contributed by atoms with Crippen LogP contribution < -0.4 is 0 Å². The van der Waals surface area contributed by atoms with Gasteiger partial charge in [-0.2, -0.15) is 0 Å². The van der Waals surface area contributed by atoms with E-state index in [4.69, 9.17) is 0 Å². The Morgan fingerprint density at radius 1 is 1.13 bits per heavy atom. The normalized spacial score (nSPS) is 41.1. The zero-order chi connectivity index (χ0) is 10.3. The third-order valence-electron chi connectivity index (χ3n) is 4.19. The van der Waals surface area contributed by atoms with Crippen LogP contribution >= 0.6 is 0 Å². The Morgan fingerprint density at radius 2 is 1.93 bits per heavy atom. The largest absolute Gasteiger partial charge is 0.298 e. The lowest BCUT2D eigenvalue weighted by Crippen LogP contribution is -2.49. The van der Waals surface area contributed by atoms with Gasteiger partial charge in [-0.25, -0.2) is 0 Å². The molecule has 0 amide bonds. The molecule has 2 fully saturated rings. The van der Waals surface area contributed by atoms with E-state index in [0.717, 1.165) is 19.5 Å². The summed E-state index contributed by atoms with van der Waals surface area (Å²) in [5.41, 5.74) is 0. The summed E-state index contributed by atoms with van der Waals surface area (Å²) in [6.45, 7) is 2.29. The zero-order valence-electron chi connectivity index (χ0n) is 9.19. The van der Waals surface area contributed by atoms with E-state index in [1.165, 1.54) is 25.7 Å². The molecule has 2 heteroatoms. The fourth-order valence-electron chi connectivity index (χ4n) is 3.48. The van der Waals surface area contributed by atoms with Gasteiger partial charge in [0.15, 0.2) is 5.78 Å². The molecule has 0 spiro atoms. The first-order chi connectivity index (χ1) is 7.34. The van der Waals surface area contributed by atoms with Crippen molar-refractivity contribution in [2.45, 2.75) is 38.1 Å². The van der Waals surface area contributed by atoms with Crippen LogP contribution in [0.3, 0.4) is 0 Å². The minimum absolute atomic E-state index is 0.236. The van der Waals surface area contributed by atoms with Gasteiger partial charge in [0.1, 0.15) is 0 Å². The number of hydrogen-bond donors (Lipinski definition) is 0. The van der Waals surface area contributed by atoms with Gasteiger partial charge in [0.2, 0.25) is 0 Å². The summed E-state index contributed by atoms with van der Waals surface area (Å²) in [5, 5.41) is 0. The zero-order valence-corrected chi connectivity index (χ0v) is 9.19. The Labute approximate surface area is 91.3 Å². The fraction of sp³-hybridized carbons (Fsp3) is 0.769. The summed E-state index contributed by atoms with van der Waals surface area (Å²) in [5.74, 6) is 1.61. The molecule has 3 atom stereocenters. The molecule has 2 nitrogen and oxygen atoms in total. The molecule has 0 unspecified atom stereocenters. The first-order valence-electron chi connectivity index (χ1n) is 6.30. The molecule has 82 valence electrons. The number of rotatable bonds is 1. The highest BCUT2D eigenvalue weighted by molar-refractivity contribution is 5.86. The number of nitrogens with zero attached hydrogens (tertiary/aromatic N) is 1. The van der Waals surface area contributed by atoms with Crippen molar-refractivity contribution in [1.29, 1.82) is 0 Å². The van der Waals surface area contributed by atoms with Crippen molar-refractivity contribution in [1.82, 2.24) is 4.90 Å². The number of likely N-dealkylation sites (tertiary alicyclic amines) is 1. The van der Waals surface area contributed by atoms with Crippen LogP contribution in [0, 0.1) is 11.8 Å². The molecule has 2 aliphatic carbocycles. The second-order valence-electron chi connectivity index (χ2n) is 5.26. The van der Waals surface area contributed by atoms with Gasteiger partial charge in [-0.15, -0.1) is 0 Å². The number of allylic oxidation sites excluding steroid dienone is 1. The van der Waals surface area contributed by atoms with E-state index >= 15 is 0 Å². The van der Waals surface area contributed by atoms with Gasteiger partial charge in [-0.3, -0.25) is 9.69 Å². The molecule has 3 rings (SSSR count). The summed E-state index contributed by atoms with van der Waals surface area (Å²) in [4.78, 5) is 14.5. The topological polar surface area (TPSA) is 20.3 Å². The number of carbonyl (C=O) groups excluding carboxylic acids is 1. The summed E-state index contributed by atoms with van der Waals surface area (Å²) < 4.78 is 0. The number of ketones is 1. The summed E-state index contributed by atoms with van der Waals surface area (Å²) >= 11 is 0. The van der Waals surface area contributed by atoms with Crippen LogP contribution in [0.2, 0.25) is 0 Å². The molecule has 15 heavy (non-hydrogen) atoms. The molecule has 2 bridgehead atoms. The monoisotopic (exact) mass is 205 g/mol. The van der Waals surface area contributed by atoms with Gasteiger partial charge in [0, 0.05) is 6.42 Å². The van der Waals surface area contributed by atoms with Crippen molar-refractivity contribution in [3.8, 4) is 0 Å². The minimum Gasteiger partial charge on any atom is -0.298 e. The second kappa shape index (κ2) is 3.75. The first kappa shape index (κ1) is 9.59. The molecular formula is C13H19NO. The van der Waals surface area contributed by atoms with Crippen molar-refractivity contribution >= 4 is 5.78 Å². The first-order valence-corrected chi connectivity index (χ1v) is 6.30. The fourth-order valence-corrected chi connectivity index (χ4v) is 3.48. The third-order valence-corrected chi connectivity index (χ3v) is 4.19. The van der Waals surface area contributed by atoms with Crippen LogP contribution in [0.4, 0.5) is 0 Å². The maximum absolute atomic E-state index is 12.1. The standard InChI is InChI=1S/C13H19NO/c15-12-9-10-4-5-11(8-10)13(12)14-6-2-1-3-7-14/h4-5,10-11,13H,1-3,6-9H2/t10-,11+,13+/m0/s1. The lowest BCUT2D eigenvalue weighted by molar-refractivity contribution is -0.128. The van der Waals surface area contributed by atoms with Gasteiger partial charge >= 0.3 is 0 Å². The van der Waals surface area contributed by atoms with E-state index < -0.39 is 0 Å². The molecule has 1 aliphatic heterocycles. The van der Waals surface area contributed by atoms with Crippen molar-refractivity contribution in [3.63, 3.8) is 0 Å². The van der Waals surface area contributed by atoms with Crippen LogP contribution in [0.25, 0.3) is 0 Å². The third kappa shape index (κ3) is 1.65. The van der Waals surface area contributed by atoms with Crippen molar-refractivity contribution in [3.05, 3.63) is 12.2 Å². The Bertz CT molecular complexity index is 291. The quantitative estimate of drug-likeness (QED) is 0.610. The van der Waals surface area contributed by atoms with Gasteiger partial charge in [-0.05, 0) is 44.2 Å². The Balaban J connectivity index is 1.77. The summed E-state index contributed by atoms with van der Waals surface area (Å²) in [6.07, 6.45) is 10.5. The summed E-state index contributed by atoms with van der Waals surface area (Å²) in [6, 6.07) is 0.236. The average molecular weight is 205 g/mol. The Hall–Kier alpha value is -0.630. The number of piperidine rings is 1. The molecule has 0 aromatic carbocycles. The van der Waals surface area contributed by atoms with Crippen molar-refractivity contribution in [2.75, 3.05) is 13.1 Å². The molecule has 3 aliphatic rings. The van der Waals surface area contributed by atoms with Gasteiger partial charge < -0.3 is 0 Å². The smallest absolute Gasteiger partial charge is 0.151 e. The molecular weight excluding hydrogens is 186 g/mol. The van der Waals surface area contributed by atoms with E-state index in [9.17, 15) is 4.79 Å². The molecule has 1 heterocycles. The van der Waals surface area contributed by atoms with Crippen molar-refractivity contribution in [2.24, 2.45) is 11.8 Å².